The predicted octanol–water partition coefficient (Wildman–Crippen LogP) is 4.01. The summed E-state index contributed by atoms with van der Waals surface area (Å²) in [6.45, 7) is 1.86. The summed E-state index contributed by atoms with van der Waals surface area (Å²) in [5.41, 5.74) is 3.24. The van der Waals surface area contributed by atoms with E-state index >= 15 is 0 Å². The lowest BCUT2D eigenvalue weighted by Gasteiger charge is -2.05. The fourth-order valence-corrected chi connectivity index (χ4v) is 1.78. The van der Waals surface area contributed by atoms with Crippen LogP contribution >= 0.6 is 0 Å². The van der Waals surface area contributed by atoms with E-state index in [1.807, 2.05) is 37.3 Å². The SMILES string of the molecule is Cc1ccc(-c2ccc(/C=C/C=O)cc2)c(F)c1. The van der Waals surface area contributed by atoms with Gasteiger partial charge in [0, 0.05) is 5.56 Å². The second kappa shape index (κ2) is 5.41. The average molecular weight is 240 g/mol. The number of carbonyl (C=O) groups excluding carboxylic acids is 1. The smallest absolute Gasteiger partial charge is 0.142 e. The van der Waals surface area contributed by atoms with Gasteiger partial charge in [-0.3, -0.25) is 4.79 Å². The van der Waals surface area contributed by atoms with E-state index in [-0.39, 0.29) is 5.82 Å². The van der Waals surface area contributed by atoms with Crippen LogP contribution in [0.4, 0.5) is 4.39 Å². The molecule has 0 saturated carbocycles. The van der Waals surface area contributed by atoms with E-state index in [9.17, 15) is 9.18 Å². The molecule has 90 valence electrons. The van der Waals surface area contributed by atoms with Crippen molar-refractivity contribution in [3.8, 4) is 11.1 Å². The zero-order chi connectivity index (χ0) is 13.0. The number of hydrogen-bond donors (Lipinski definition) is 0. The molecule has 2 rings (SSSR count). The van der Waals surface area contributed by atoms with Crippen LogP contribution in [0, 0.1) is 12.7 Å². The van der Waals surface area contributed by atoms with E-state index in [2.05, 4.69) is 0 Å². The number of allylic oxidation sites excluding steroid dienone is 1. The number of aryl methyl sites for hydroxylation is 1. The van der Waals surface area contributed by atoms with Gasteiger partial charge in [-0.05, 0) is 35.8 Å². The first-order valence-corrected chi connectivity index (χ1v) is 5.69. The van der Waals surface area contributed by atoms with Gasteiger partial charge in [-0.1, -0.05) is 42.5 Å². The molecule has 18 heavy (non-hydrogen) atoms. The molecule has 0 bridgehead atoms. The minimum atomic E-state index is -0.216. The van der Waals surface area contributed by atoms with Gasteiger partial charge in [0.05, 0.1) is 0 Å². The molecule has 2 aromatic carbocycles. The summed E-state index contributed by atoms with van der Waals surface area (Å²) in [5, 5.41) is 0. The highest BCUT2D eigenvalue weighted by atomic mass is 19.1. The molecule has 2 aromatic rings. The quantitative estimate of drug-likeness (QED) is 0.585. The van der Waals surface area contributed by atoms with Crippen LogP contribution in [-0.2, 0) is 4.79 Å². The summed E-state index contributed by atoms with van der Waals surface area (Å²) < 4.78 is 13.8. The summed E-state index contributed by atoms with van der Waals surface area (Å²) in [4.78, 5) is 10.2. The largest absolute Gasteiger partial charge is 0.299 e. The van der Waals surface area contributed by atoms with Crippen LogP contribution in [0.3, 0.4) is 0 Å². The summed E-state index contributed by atoms with van der Waals surface area (Å²) >= 11 is 0. The number of hydrogen-bond acceptors (Lipinski definition) is 1. The van der Waals surface area contributed by atoms with Crippen molar-refractivity contribution < 1.29 is 9.18 Å². The predicted molar refractivity (Wildman–Crippen MR) is 71.7 cm³/mol. The molecule has 2 heteroatoms. The van der Waals surface area contributed by atoms with Crippen LogP contribution in [0.1, 0.15) is 11.1 Å². The number of aldehydes is 1. The fraction of sp³-hybridized carbons (Fsp3) is 0.0625. The highest BCUT2D eigenvalue weighted by Gasteiger charge is 2.04. The van der Waals surface area contributed by atoms with Crippen molar-refractivity contribution in [2.45, 2.75) is 6.92 Å². The molecule has 0 radical (unpaired) electrons. The Bertz CT molecular complexity index is 583. The molecule has 0 fully saturated rings. The Labute approximate surface area is 106 Å². The molecule has 0 aromatic heterocycles. The van der Waals surface area contributed by atoms with E-state index in [0.29, 0.717) is 5.56 Å². The topological polar surface area (TPSA) is 17.1 Å². The van der Waals surface area contributed by atoms with Crippen LogP contribution in [0.2, 0.25) is 0 Å². The highest BCUT2D eigenvalue weighted by Crippen LogP contribution is 2.24. The van der Waals surface area contributed by atoms with Gasteiger partial charge in [0.15, 0.2) is 0 Å². The average Bonchev–Trinajstić information content (AvgIpc) is 2.37. The zero-order valence-electron chi connectivity index (χ0n) is 10.1. The van der Waals surface area contributed by atoms with Gasteiger partial charge in [-0.15, -0.1) is 0 Å². The van der Waals surface area contributed by atoms with Gasteiger partial charge in [-0.25, -0.2) is 4.39 Å². The van der Waals surface area contributed by atoms with Gasteiger partial charge in [0.25, 0.3) is 0 Å². The Morgan fingerprint density at radius 1 is 1.06 bits per heavy atom. The lowest BCUT2D eigenvalue weighted by molar-refractivity contribution is -0.104. The molecule has 0 heterocycles. The van der Waals surface area contributed by atoms with Crippen molar-refractivity contribution in [3.05, 3.63) is 65.5 Å². The Morgan fingerprint density at radius 3 is 2.39 bits per heavy atom. The van der Waals surface area contributed by atoms with Crippen LogP contribution < -0.4 is 0 Å². The monoisotopic (exact) mass is 240 g/mol. The number of halogens is 1. The third-order valence-electron chi connectivity index (χ3n) is 2.71. The maximum absolute atomic E-state index is 13.8. The van der Waals surface area contributed by atoms with E-state index < -0.39 is 0 Å². The van der Waals surface area contributed by atoms with Gasteiger partial charge in [0.1, 0.15) is 12.1 Å². The van der Waals surface area contributed by atoms with Crippen LogP contribution in [0.25, 0.3) is 17.2 Å². The minimum absolute atomic E-state index is 0.216. The maximum atomic E-state index is 13.8. The van der Waals surface area contributed by atoms with E-state index in [0.717, 1.165) is 23.0 Å². The Hall–Kier alpha value is -2.22. The second-order valence-corrected chi connectivity index (χ2v) is 4.10. The standard InChI is InChI=1S/C16H13FO/c1-12-4-9-15(16(17)11-12)14-7-5-13(6-8-14)3-2-10-18/h2-11H,1H3/b3-2+. The Morgan fingerprint density at radius 2 is 1.78 bits per heavy atom. The summed E-state index contributed by atoms with van der Waals surface area (Å²) in [5.74, 6) is -0.216. The molecule has 1 nitrogen and oxygen atoms in total. The van der Waals surface area contributed by atoms with Gasteiger partial charge >= 0.3 is 0 Å². The Balaban J connectivity index is 2.34. The highest BCUT2D eigenvalue weighted by molar-refractivity contribution is 5.74. The maximum Gasteiger partial charge on any atom is 0.142 e. The van der Waals surface area contributed by atoms with Crippen LogP contribution in [0.5, 0.6) is 0 Å². The number of benzene rings is 2. The molecule has 0 aliphatic heterocycles. The van der Waals surface area contributed by atoms with Crippen molar-refractivity contribution in [3.63, 3.8) is 0 Å². The third-order valence-corrected chi connectivity index (χ3v) is 2.71. The molecular formula is C16H13FO. The van der Waals surface area contributed by atoms with Crippen molar-refractivity contribution >= 4 is 12.4 Å². The van der Waals surface area contributed by atoms with Crippen molar-refractivity contribution in [2.24, 2.45) is 0 Å². The molecule has 0 unspecified atom stereocenters. The van der Waals surface area contributed by atoms with Crippen molar-refractivity contribution in [1.29, 1.82) is 0 Å². The molecular weight excluding hydrogens is 227 g/mol. The number of carbonyl (C=O) groups is 1. The lowest BCUT2D eigenvalue weighted by atomic mass is 10.0. The molecule has 0 amide bonds. The first-order valence-electron chi connectivity index (χ1n) is 5.69. The van der Waals surface area contributed by atoms with E-state index in [1.165, 1.54) is 12.1 Å². The number of rotatable bonds is 3. The zero-order valence-corrected chi connectivity index (χ0v) is 10.1. The first-order chi connectivity index (χ1) is 8.70. The molecule has 0 atom stereocenters. The second-order valence-electron chi connectivity index (χ2n) is 4.10. The summed E-state index contributed by atoms with van der Waals surface area (Å²) in [7, 11) is 0. The molecule has 0 N–H and O–H groups in total. The van der Waals surface area contributed by atoms with E-state index in [4.69, 9.17) is 0 Å². The molecule has 0 aliphatic rings. The van der Waals surface area contributed by atoms with Gasteiger partial charge in [0.2, 0.25) is 0 Å². The van der Waals surface area contributed by atoms with E-state index in [1.54, 1.807) is 12.1 Å². The Kier molecular flexibility index (Phi) is 3.68. The van der Waals surface area contributed by atoms with Crippen molar-refractivity contribution in [1.82, 2.24) is 0 Å². The summed E-state index contributed by atoms with van der Waals surface area (Å²) in [6.07, 6.45) is 3.87. The normalized spacial score (nSPS) is 10.8. The van der Waals surface area contributed by atoms with Crippen LogP contribution in [-0.4, -0.2) is 6.29 Å². The molecule has 0 saturated heterocycles. The first kappa shape index (κ1) is 12.2. The minimum Gasteiger partial charge on any atom is -0.299 e. The van der Waals surface area contributed by atoms with Gasteiger partial charge < -0.3 is 0 Å². The molecule has 0 aliphatic carbocycles. The van der Waals surface area contributed by atoms with Crippen LogP contribution in [0.15, 0.2) is 48.5 Å². The lowest BCUT2D eigenvalue weighted by Crippen LogP contribution is -1.85. The fourth-order valence-electron chi connectivity index (χ4n) is 1.78. The third kappa shape index (κ3) is 2.72. The molecule has 0 spiro atoms. The van der Waals surface area contributed by atoms with Crippen molar-refractivity contribution in [2.75, 3.05) is 0 Å². The summed E-state index contributed by atoms with van der Waals surface area (Å²) in [6, 6.07) is 12.6. The van der Waals surface area contributed by atoms with Gasteiger partial charge in [-0.2, -0.15) is 0 Å².